The molecule has 6 nitrogen and oxygen atoms in total. The maximum Gasteiger partial charge on any atom is 0.257 e. The van der Waals surface area contributed by atoms with Crippen LogP contribution >= 0.6 is 0 Å². The lowest BCUT2D eigenvalue weighted by Crippen LogP contribution is -2.30. The normalized spacial score (nSPS) is 11.1. The van der Waals surface area contributed by atoms with Gasteiger partial charge in [0.25, 0.3) is 5.56 Å². The smallest absolute Gasteiger partial charge is 0.257 e. The molecule has 5 aromatic rings. The van der Waals surface area contributed by atoms with E-state index < -0.39 is 0 Å². The topological polar surface area (TPSA) is 87.4 Å². The molecule has 0 unspecified atom stereocenters. The molecule has 0 aliphatic rings. The zero-order valence-corrected chi connectivity index (χ0v) is 21.2. The number of H-pyrrole nitrogens is 1. The molecule has 2 heterocycles. The maximum atomic E-state index is 13.8. The molecular weight excluding hydrogens is 458 g/mol. The number of nitrogens with zero attached hydrogens (tertiary/aromatic N) is 4. The number of aromatic amines is 1. The van der Waals surface area contributed by atoms with Crippen molar-refractivity contribution >= 4 is 11.0 Å². The van der Waals surface area contributed by atoms with Gasteiger partial charge >= 0.3 is 0 Å². The first kappa shape index (κ1) is 24.2. The largest absolute Gasteiger partial charge is 0.340 e. The number of unbranched alkanes of at least 4 members (excludes halogenated alkanes) is 1. The van der Waals surface area contributed by atoms with E-state index in [1.54, 1.807) is 4.57 Å². The Balaban J connectivity index is 1.49. The average molecular weight is 488 g/mol. The lowest BCUT2D eigenvalue weighted by molar-refractivity contribution is 0.647. The van der Waals surface area contributed by atoms with Gasteiger partial charge in [-0.05, 0) is 54.7 Å². The minimum Gasteiger partial charge on any atom is -0.340 e. The van der Waals surface area contributed by atoms with E-state index >= 15 is 0 Å². The van der Waals surface area contributed by atoms with Crippen molar-refractivity contribution in [1.82, 2.24) is 19.5 Å². The Bertz CT molecular complexity index is 1620. The van der Waals surface area contributed by atoms with Crippen LogP contribution in [0.4, 0.5) is 0 Å². The van der Waals surface area contributed by atoms with Gasteiger partial charge in [0.2, 0.25) is 0 Å². The van der Waals surface area contributed by atoms with Crippen molar-refractivity contribution < 1.29 is 0 Å². The number of fused-ring (bicyclic) bond motifs is 1. The first-order valence-corrected chi connectivity index (χ1v) is 12.7. The second kappa shape index (κ2) is 10.6. The fourth-order valence-electron chi connectivity index (χ4n) is 4.74. The number of aryl methyl sites for hydroxylation is 2. The number of aromatic nitrogens is 4. The molecule has 1 N–H and O–H groups in total. The second-order valence-corrected chi connectivity index (χ2v) is 9.31. The highest BCUT2D eigenvalue weighted by molar-refractivity contribution is 5.74. The molecule has 0 saturated carbocycles. The third-order valence-corrected chi connectivity index (χ3v) is 6.75. The average Bonchev–Trinajstić information content (AvgIpc) is 3.34. The Morgan fingerprint density at radius 2 is 1.73 bits per heavy atom. The van der Waals surface area contributed by atoms with Gasteiger partial charge < -0.3 is 4.98 Å². The highest BCUT2D eigenvalue weighted by Gasteiger charge is 2.17. The van der Waals surface area contributed by atoms with Crippen LogP contribution in [-0.4, -0.2) is 19.5 Å². The lowest BCUT2D eigenvalue weighted by Gasteiger charge is -2.15. The highest BCUT2D eigenvalue weighted by Crippen LogP contribution is 2.24. The Morgan fingerprint density at radius 1 is 0.973 bits per heavy atom. The summed E-state index contributed by atoms with van der Waals surface area (Å²) in [5.74, 6) is 1.43. The molecule has 37 heavy (non-hydrogen) atoms. The van der Waals surface area contributed by atoms with Crippen LogP contribution in [0.25, 0.3) is 22.2 Å². The first-order valence-electron chi connectivity index (χ1n) is 12.7. The molecule has 3 aromatic carbocycles. The maximum absolute atomic E-state index is 13.8. The van der Waals surface area contributed by atoms with Crippen molar-refractivity contribution in [3.63, 3.8) is 0 Å². The molecule has 6 heteroatoms. The molecule has 2 aromatic heterocycles. The van der Waals surface area contributed by atoms with E-state index in [1.807, 2.05) is 79.7 Å². The van der Waals surface area contributed by atoms with Crippen molar-refractivity contribution in [3.8, 4) is 17.2 Å². The van der Waals surface area contributed by atoms with Gasteiger partial charge in [0, 0.05) is 12.0 Å². The second-order valence-electron chi connectivity index (χ2n) is 9.31. The van der Waals surface area contributed by atoms with Crippen LogP contribution in [0.1, 0.15) is 53.8 Å². The Labute approximate surface area is 216 Å². The minimum absolute atomic E-state index is 0.0158. The van der Waals surface area contributed by atoms with Crippen LogP contribution in [0.5, 0.6) is 0 Å². The summed E-state index contributed by atoms with van der Waals surface area (Å²) >= 11 is 0. The molecule has 0 bridgehead atoms. The van der Waals surface area contributed by atoms with Crippen LogP contribution in [0.2, 0.25) is 0 Å². The van der Waals surface area contributed by atoms with Gasteiger partial charge in [-0.15, -0.1) is 0 Å². The number of para-hydroxylation sites is 2. The summed E-state index contributed by atoms with van der Waals surface area (Å²) in [4.78, 5) is 26.7. The summed E-state index contributed by atoms with van der Waals surface area (Å²) in [5.41, 5.74) is 7.01. The fraction of sp³-hybridized carbons (Fsp3) is 0.226. The Kier molecular flexibility index (Phi) is 6.96. The molecule has 0 saturated heterocycles. The predicted molar refractivity (Wildman–Crippen MR) is 146 cm³/mol. The number of rotatable bonds is 8. The molecule has 0 spiro atoms. The number of nitriles is 1. The third-order valence-electron chi connectivity index (χ3n) is 6.75. The van der Waals surface area contributed by atoms with Crippen LogP contribution < -0.4 is 5.56 Å². The Morgan fingerprint density at radius 3 is 2.49 bits per heavy atom. The molecular formula is C31H29N5O. The molecule has 0 fully saturated rings. The van der Waals surface area contributed by atoms with Gasteiger partial charge in [0.05, 0.1) is 34.9 Å². The van der Waals surface area contributed by atoms with Gasteiger partial charge in [0.1, 0.15) is 11.6 Å². The van der Waals surface area contributed by atoms with E-state index in [9.17, 15) is 10.1 Å². The van der Waals surface area contributed by atoms with Gasteiger partial charge in [0.15, 0.2) is 0 Å². The van der Waals surface area contributed by atoms with Gasteiger partial charge in [-0.1, -0.05) is 67.9 Å². The summed E-state index contributed by atoms with van der Waals surface area (Å²) in [5, 5.41) is 9.46. The zero-order chi connectivity index (χ0) is 25.8. The number of nitrogens with one attached hydrogen (secondary N) is 1. The first-order chi connectivity index (χ1) is 18.1. The van der Waals surface area contributed by atoms with E-state index in [1.165, 1.54) is 0 Å². The van der Waals surface area contributed by atoms with Crippen molar-refractivity contribution in [2.75, 3.05) is 0 Å². The van der Waals surface area contributed by atoms with E-state index in [-0.39, 0.29) is 5.56 Å². The molecule has 0 radical (unpaired) electrons. The monoisotopic (exact) mass is 487 g/mol. The molecule has 0 atom stereocenters. The number of hydrogen-bond donors (Lipinski definition) is 1. The molecule has 0 aliphatic carbocycles. The third kappa shape index (κ3) is 5.07. The summed E-state index contributed by atoms with van der Waals surface area (Å²) in [6.45, 7) is 4.38. The molecule has 184 valence electrons. The van der Waals surface area contributed by atoms with Gasteiger partial charge in [-0.3, -0.25) is 9.36 Å². The number of benzene rings is 3. The van der Waals surface area contributed by atoms with Crippen molar-refractivity contribution in [2.24, 2.45) is 0 Å². The fourth-order valence-corrected chi connectivity index (χ4v) is 4.74. The summed E-state index contributed by atoms with van der Waals surface area (Å²) in [6.07, 6.45) is 3.30. The molecule has 5 rings (SSSR count). The van der Waals surface area contributed by atoms with Crippen molar-refractivity contribution in [3.05, 3.63) is 117 Å². The molecule has 0 amide bonds. The highest BCUT2D eigenvalue weighted by atomic mass is 16.1. The zero-order valence-electron chi connectivity index (χ0n) is 21.2. The SMILES string of the molecule is CCCCc1nc(C)n(Cc2nc3ccccc3[nH]2)c(=O)c1Cc1ccc(-c2ccccc2C#N)cc1. The quantitative estimate of drug-likeness (QED) is 0.293. The van der Waals surface area contributed by atoms with Gasteiger partial charge in [-0.2, -0.15) is 5.26 Å². The lowest BCUT2D eigenvalue weighted by atomic mass is 9.97. The summed E-state index contributed by atoms with van der Waals surface area (Å²) in [7, 11) is 0. The van der Waals surface area contributed by atoms with E-state index in [0.717, 1.165) is 64.1 Å². The number of hydrogen-bond acceptors (Lipinski definition) is 4. The molecule has 0 aliphatic heterocycles. The number of imidazole rings is 1. The van der Waals surface area contributed by atoms with E-state index in [2.05, 4.69) is 23.0 Å². The van der Waals surface area contributed by atoms with Crippen molar-refractivity contribution in [2.45, 2.75) is 46.1 Å². The van der Waals surface area contributed by atoms with Crippen LogP contribution in [0.15, 0.2) is 77.6 Å². The van der Waals surface area contributed by atoms with E-state index in [4.69, 9.17) is 4.98 Å². The van der Waals surface area contributed by atoms with E-state index in [0.29, 0.717) is 24.4 Å². The van der Waals surface area contributed by atoms with Crippen LogP contribution in [0.3, 0.4) is 0 Å². The van der Waals surface area contributed by atoms with Gasteiger partial charge in [-0.25, -0.2) is 9.97 Å². The summed E-state index contributed by atoms with van der Waals surface area (Å²) < 4.78 is 1.72. The minimum atomic E-state index is -0.0158. The Hall–Kier alpha value is -4.50. The van der Waals surface area contributed by atoms with Crippen LogP contribution in [-0.2, 0) is 19.4 Å². The predicted octanol–water partition coefficient (Wildman–Crippen LogP) is 5.95. The van der Waals surface area contributed by atoms with Crippen LogP contribution in [0, 0.1) is 18.3 Å². The standard InChI is InChI=1S/C31H29N5O/c1-3-4-11-27-26(18-22-14-16-23(17-15-22)25-10-6-5-9-24(25)19-32)31(37)36(21(2)33-27)20-30-34-28-12-7-8-13-29(28)35-30/h5-10,12-17H,3-4,11,18,20H2,1-2H3,(H,34,35). The van der Waals surface area contributed by atoms with Crippen molar-refractivity contribution in [1.29, 1.82) is 5.26 Å². The summed E-state index contributed by atoms with van der Waals surface area (Å²) in [6, 6.07) is 25.8.